The highest BCUT2D eigenvalue weighted by atomic mass is 16.1. The van der Waals surface area contributed by atoms with Crippen molar-refractivity contribution in [3.63, 3.8) is 0 Å². The number of carbonyl (C=O) groups is 1. The van der Waals surface area contributed by atoms with Gasteiger partial charge in [0.1, 0.15) is 5.82 Å². The quantitative estimate of drug-likeness (QED) is 0.646. The normalized spacial score (nSPS) is 12.5. The van der Waals surface area contributed by atoms with E-state index in [1.807, 2.05) is 13.0 Å². The van der Waals surface area contributed by atoms with Crippen molar-refractivity contribution in [3.05, 3.63) is 18.3 Å². The largest absolute Gasteiger partial charge is 0.348 e. The molecule has 0 radical (unpaired) electrons. The van der Waals surface area contributed by atoms with E-state index in [-0.39, 0.29) is 11.8 Å². The van der Waals surface area contributed by atoms with Gasteiger partial charge >= 0.3 is 0 Å². The van der Waals surface area contributed by atoms with Crippen LogP contribution in [0.2, 0.25) is 0 Å². The molecule has 0 aromatic carbocycles. The molecule has 4 heteroatoms. The molecular formula is C9H15N3O. The maximum Gasteiger partial charge on any atom is 0.229 e. The minimum Gasteiger partial charge on any atom is -0.348 e. The third-order valence-electron chi connectivity index (χ3n) is 2.00. The van der Waals surface area contributed by atoms with E-state index in [9.17, 15) is 4.79 Å². The van der Waals surface area contributed by atoms with E-state index in [1.165, 1.54) is 0 Å². The fourth-order valence-corrected chi connectivity index (χ4v) is 1.10. The van der Waals surface area contributed by atoms with Gasteiger partial charge in [0.25, 0.3) is 0 Å². The Morgan fingerprint density at radius 2 is 2.54 bits per heavy atom. The highest BCUT2D eigenvalue weighted by molar-refractivity contribution is 5.91. The van der Waals surface area contributed by atoms with Gasteiger partial charge in [-0.3, -0.25) is 4.79 Å². The Bertz CT molecular complexity index is 252. The Kier molecular flexibility index (Phi) is 3.52. The summed E-state index contributed by atoms with van der Waals surface area (Å²) < 4.78 is 0. The van der Waals surface area contributed by atoms with Gasteiger partial charge in [0, 0.05) is 12.7 Å². The molecule has 0 bridgehead atoms. The van der Waals surface area contributed by atoms with Gasteiger partial charge in [0.05, 0.1) is 5.92 Å². The summed E-state index contributed by atoms with van der Waals surface area (Å²) in [6.45, 7) is 2.34. The number of H-pyrrole nitrogens is 1. The second-order valence-electron chi connectivity index (χ2n) is 2.91. The summed E-state index contributed by atoms with van der Waals surface area (Å²) in [6.07, 6.45) is 2.53. The summed E-state index contributed by atoms with van der Waals surface area (Å²) in [5, 5.41) is 2.75. The van der Waals surface area contributed by atoms with Crippen molar-refractivity contribution in [1.29, 1.82) is 0 Å². The maximum absolute atomic E-state index is 11.5. The van der Waals surface area contributed by atoms with Crippen LogP contribution in [-0.4, -0.2) is 17.4 Å². The van der Waals surface area contributed by atoms with Gasteiger partial charge in [0.2, 0.25) is 5.91 Å². The zero-order valence-electron chi connectivity index (χ0n) is 7.71. The second-order valence-corrected chi connectivity index (χ2v) is 2.91. The summed E-state index contributed by atoms with van der Waals surface area (Å²) in [5.41, 5.74) is 5.44. The Balaban J connectivity index is 2.49. The van der Waals surface area contributed by atoms with Crippen LogP contribution in [0.5, 0.6) is 0 Å². The first-order chi connectivity index (χ1) is 6.27. The van der Waals surface area contributed by atoms with E-state index in [0.29, 0.717) is 6.54 Å². The molecule has 0 aliphatic rings. The summed E-state index contributed by atoms with van der Waals surface area (Å²) in [5.74, 6) is 0.604. The predicted octanol–water partition coefficient (Wildman–Crippen LogP) is 0.938. The van der Waals surface area contributed by atoms with Gasteiger partial charge in [-0.05, 0) is 18.6 Å². The van der Waals surface area contributed by atoms with Crippen molar-refractivity contribution >= 4 is 11.7 Å². The number of anilines is 1. The number of rotatable bonds is 4. The van der Waals surface area contributed by atoms with Crippen LogP contribution < -0.4 is 11.1 Å². The standard InChI is InChI=1S/C9H15N3O/c1-2-7(6-10)9(13)12-8-4-3-5-11-8/h3-5,7,11H,2,6,10H2,1H3,(H,12,13). The van der Waals surface area contributed by atoms with Crippen molar-refractivity contribution < 1.29 is 4.79 Å². The monoisotopic (exact) mass is 181 g/mol. The first-order valence-electron chi connectivity index (χ1n) is 4.42. The average Bonchev–Trinajstić information content (AvgIpc) is 2.59. The number of nitrogens with one attached hydrogen (secondary N) is 2. The van der Waals surface area contributed by atoms with Crippen molar-refractivity contribution in [2.45, 2.75) is 13.3 Å². The minimum absolute atomic E-state index is 0.0209. The van der Waals surface area contributed by atoms with Crippen LogP contribution in [0.4, 0.5) is 5.82 Å². The number of hydrogen-bond donors (Lipinski definition) is 3. The minimum atomic E-state index is -0.0942. The molecule has 4 N–H and O–H groups in total. The van der Waals surface area contributed by atoms with Gasteiger partial charge in [-0.15, -0.1) is 0 Å². The molecule has 1 aromatic rings. The lowest BCUT2D eigenvalue weighted by Gasteiger charge is -2.10. The molecule has 0 saturated carbocycles. The molecule has 1 unspecified atom stereocenters. The Morgan fingerprint density at radius 1 is 1.77 bits per heavy atom. The van der Waals surface area contributed by atoms with Crippen molar-refractivity contribution in [2.75, 3.05) is 11.9 Å². The fraction of sp³-hybridized carbons (Fsp3) is 0.444. The van der Waals surface area contributed by atoms with E-state index in [2.05, 4.69) is 10.3 Å². The first-order valence-corrected chi connectivity index (χ1v) is 4.42. The maximum atomic E-state index is 11.5. The molecule has 1 atom stereocenters. The van der Waals surface area contributed by atoms with Crippen molar-refractivity contribution in [3.8, 4) is 0 Å². The van der Waals surface area contributed by atoms with E-state index < -0.39 is 0 Å². The molecule has 0 aliphatic heterocycles. The lowest BCUT2D eigenvalue weighted by Crippen LogP contribution is -2.28. The molecule has 13 heavy (non-hydrogen) atoms. The van der Waals surface area contributed by atoms with Crippen LogP contribution in [0.3, 0.4) is 0 Å². The summed E-state index contributed by atoms with van der Waals surface area (Å²) in [7, 11) is 0. The lowest BCUT2D eigenvalue weighted by atomic mass is 10.1. The number of amides is 1. The van der Waals surface area contributed by atoms with Gasteiger partial charge in [-0.25, -0.2) is 0 Å². The number of aromatic amines is 1. The number of aromatic nitrogens is 1. The first kappa shape index (κ1) is 9.80. The lowest BCUT2D eigenvalue weighted by molar-refractivity contribution is -0.119. The zero-order valence-corrected chi connectivity index (χ0v) is 7.71. The third kappa shape index (κ3) is 2.59. The molecule has 1 heterocycles. The van der Waals surface area contributed by atoms with Crippen LogP contribution in [0.15, 0.2) is 18.3 Å². The number of nitrogens with two attached hydrogens (primary N) is 1. The molecule has 1 amide bonds. The molecule has 0 saturated heterocycles. The van der Waals surface area contributed by atoms with Crippen molar-refractivity contribution in [2.24, 2.45) is 11.7 Å². The average molecular weight is 181 g/mol. The van der Waals surface area contributed by atoms with Gasteiger partial charge in [-0.2, -0.15) is 0 Å². The third-order valence-corrected chi connectivity index (χ3v) is 2.00. The zero-order chi connectivity index (χ0) is 9.68. The van der Waals surface area contributed by atoms with Gasteiger partial charge in [0.15, 0.2) is 0 Å². The molecule has 0 fully saturated rings. The molecule has 0 aliphatic carbocycles. The molecular weight excluding hydrogens is 166 g/mol. The van der Waals surface area contributed by atoms with E-state index in [1.54, 1.807) is 12.3 Å². The SMILES string of the molecule is CCC(CN)C(=O)Nc1ccc[nH]1. The van der Waals surface area contributed by atoms with Crippen LogP contribution in [-0.2, 0) is 4.79 Å². The van der Waals surface area contributed by atoms with Gasteiger partial charge < -0.3 is 16.0 Å². The fourth-order valence-electron chi connectivity index (χ4n) is 1.10. The summed E-state index contributed by atoms with van der Waals surface area (Å²) in [4.78, 5) is 14.4. The number of hydrogen-bond acceptors (Lipinski definition) is 2. The summed E-state index contributed by atoms with van der Waals surface area (Å²) >= 11 is 0. The van der Waals surface area contributed by atoms with E-state index in [4.69, 9.17) is 5.73 Å². The van der Waals surface area contributed by atoms with Crippen molar-refractivity contribution in [1.82, 2.24) is 4.98 Å². The second kappa shape index (κ2) is 4.67. The molecule has 72 valence electrons. The Labute approximate surface area is 77.5 Å². The highest BCUT2D eigenvalue weighted by Crippen LogP contribution is 2.06. The number of carbonyl (C=O) groups excluding carboxylic acids is 1. The van der Waals surface area contributed by atoms with Crippen LogP contribution in [0, 0.1) is 5.92 Å². The van der Waals surface area contributed by atoms with Crippen LogP contribution >= 0.6 is 0 Å². The van der Waals surface area contributed by atoms with Crippen LogP contribution in [0.1, 0.15) is 13.3 Å². The topological polar surface area (TPSA) is 70.9 Å². The van der Waals surface area contributed by atoms with Gasteiger partial charge in [-0.1, -0.05) is 6.92 Å². The molecule has 1 aromatic heterocycles. The predicted molar refractivity (Wildman–Crippen MR) is 52.3 cm³/mol. The molecule has 4 nitrogen and oxygen atoms in total. The highest BCUT2D eigenvalue weighted by Gasteiger charge is 2.14. The van der Waals surface area contributed by atoms with E-state index in [0.717, 1.165) is 12.2 Å². The Hall–Kier alpha value is -1.29. The summed E-state index contributed by atoms with van der Waals surface area (Å²) in [6, 6.07) is 3.64. The molecule has 0 spiro atoms. The Morgan fingerprint density at radius 3 is 3.00 bits per heavy atom. The molecule has 1 rings (SSSR count). The smallest absolute Gasteiger partial charge is 0.229 e. The van der Waals surface area contributed by atoms with Crippen LogP contribution in [0.25, 0.3) is 0 Å². The van der Waals surface area contributed by atoms with E-state index >= 15 is 0 Å².